The molecule has 1 aromatic heterocycles. The Labute approximate surface area is 146 Å². The van der Waals surface area contributed by atoms with E-state index in [1.54, 1.807) is 10.9 Å². The van der Waals surface area contributed by atoms with Gasteiger partial charge in [-0.2, -0.15) is 5.10 Å². The molecule has 0 aliphatic carbocycles. The Balaban J connectivity index is 1.29. The fraction of sp³-hybridized carbons (Fsp3) is 0.444. The van der Waals surface area contributed by atoms with Gasteiger partial charge in [0.2, 0.25) is 5.91 Å². The number of fused-ring (bicyclic) bond motifs is 1. The molecule has 0 bridgehead atoms. The van der Waals surface area contributed by atoms with E-state index in [9.17, 15) is 4.79 Å². The summed E-state index contributed by atoms with van der Waals surface area (Å²) in [5, 5.41) is 4.09. The van der Waals surface area contributed by atoms with Gasteiger partial charge >= 0.3 is 0 Å². The van der Waals surface area contributed by atoms with Gasteiger partial charge in [-0.05, 0) is 23.8 Å². The van der Waals surface area contributed by atoms with Gasteiger partial charge in [-0.3, -0.25) is 14.4 Å². The highest BCUT2D eigenvalue weighted by Crippen LogP contribution is 2.31. The van der Waals surface area contributed by atoms with Crippen LogP contribution < -0.4 is 9.47 Å². The Kier molecular flexibility index (Phi) is 4.56. The van der Waals surface area contributed by atoms with Crippen LogP contribution in [0.25, 0.3) is 0 Å². The number of piperazine rings is 1. The number of carbonyl (C=O) groups excluding carboxylic acids is 1. The fourth-order valence-electron chi connectivity index (χ4n) is 3.23. The van der Waals surface area contributed by atoms with Crippen LogP contribution in [0.4, 0.5) is 0 Å². The van der Waals surface area contributed by atoms with E-state index in [-0.39, 0.29) is 5.91 Å². The monoisotopic (exact) mass is 342 g/mol. The van der Waals surface area contributed by atoms with Crippen molar-refractivity contribution in [3.8, 4) is 11.5 Å². The highest BCUT2D eigenvalue weighted by molar-refractivity contribution is 5.76. The molecule has 7 heteroatoms. The van der Waals surface area contributed by atoms with Crippen molar-refractivity contribution in [2.45, 2.75) is 13.1 Å². The number of hydrogen-bond donors (Lipinski definition) is 0. The van der Waals surface area contributed by atoms with Crippen molar-refractivity contribution in [2.24, 2.45) is 0 Å². The Morgan fingerprint density at radius 2 is 1.88 bits per heavy atom. The van der Waals surface area contributed by atoms with Gasteiger partial charge in [-0.1, -0.05) is 6.07 Å². The summed E-state index contributed by atoms with van der Waals surface area (Å²) in [5.41, 5.74) is 1.21. The van der Waals surface area contributed by atoms with Crippen LogP contribution in [0.15, 0.2) is 36.7 Å². The minimum atomic E-state index is 0.127. The summed E-state index contributed by atoms with van der Waals surface area (Å²) in [5.74, 6) is 1.78. The van der Waals surface area contributed by atoms with E-state index in [4.69, 9.17) is 9.47 Å². The van der Waals surface area contributed by atoms with E-state index in [2.05, 4.69) is 22.1 Å². The Bertz CT molecular complexity index is 724. The number of ether oxygens (including phenoxy) is 2. The maximum absolute atomic E-state index is 12.3. The average molecular weight is 342 g/mol. The molecule has 1 fully saturated rings. The van der Waals surface area contributed by atoms with Crippen LogP contribution >= 0.6 is 0 Å². The van der Waals surface area contributed by atoms with Crippen molar-refractivity contribution in [2.75, 3.05) is 39.4 Å². The van der Waals surface area contributed by atoms with Crippen LogP contribution in [0.5, 0.6) is 11.5 Å². The second kappa shape index (κ2) is 7.14. The van der Waals surface area contributed by atoms with E-state index < -0.39 is 0 Å². The van der Waals surface area contributed by atoms with Gasteiger partial charge < -0.3 is 14.4 Å². The zero-order chi connectivity index (χ0) is 17.1. The maximum Gasteiger partial charge on any atom is 0.244 e. The predicted octanol–water partition coefficient (Wildman–Crippen LogP) is 0.999. The largest absolute Gasteiger partial charge is 0.486 e. The number of aromatic nitrogens is 2. The van der Waals surface area contributed by atoms with Crippen LogP contribution in [0.1, 0.15) is 5.56 Å². The Morgan fingerprint density at radius 1 is 1.08 bits per heavy atom. The molecule has 1 aromatic carbocycles. The number of carbonyl (C=O) groups is 1. The Morgan fingerprint density at radius 3 is 2.64 bits per heavy atom. The molecule has 0 atom stereocenters. The third-order valence-corrected chi connectivity index (χ3v) is 4.59. The molecule has 0 radical (unpaired) electrons. The van der Waals surface area contributed by atoms with Gasteiger partial charge in [-0.15, -0.1) is 0 Å². The van der Waals surface area contributed by atoms with Gasteiger partial charge in [0, 0.05) is 45.1 Å². The quantitative estimate of drug-likeness (QED) is 0.830. The maximum atomic E-state index is 12.3. The Hall–Kier alpha value is -2.54. The molecule has 0 spiro atoms. The van der Waals surface area contributed by atoms with Gasteiger partial charge in [0.05, 0.1) is 0 Å². The molecule has 2 aliphatic heterocycles. The lowest BCUT2D eigenvalue weighted by Crippen LogP contribution is -2.49. The third-order valence-electron chi connectivity index (χ3n) is 4.59. The van der Waals surface area contributed by atoms with Gasteiger partial charge in [0.15, 0.2) is 11.5 Å². The molecule has 25 heavy (non-hydrogen) atoms. The molecular weight excluding hydrogens is 320 g/mol. The van der Waals surface area contributed by atoms with E-state index in [0.29, 0.717) is 19.8 Å². The SMILES string of the molecule is O=C(Cn1cccn1)N1CCN(Cc2ccc3c(c2)OCCO3)CC1. The molecule has 0 N–H and O–H groups in total. The van der Waals surface area contributed by atoms with E-state index >= 15 is 0 Å². The van der Waals surface area contributed by atoms with Gasteiger partial charge in [0.1, 0.15) is 19.8 Å². The first kappa shape index (κ1) is 16.0. The van der Waals surface area contributed by atoms with E-state index in [0.717, 1.165) is 44.2 Å². The molecule has 0 unspecified atom stereocenters. The molecule has 2 aliphatic rings. The van der Waals surface area contributed by atoms with Gasteiger partial charge in [-0.25, -0.2) is 0 Å². The van der Waals surface area contributed by atoms with Crippen LogP contribution in [-0.2, 0) is 17.9 Å². The zero-order valence-corrected chi connectivity index (χ0v) is 14.1. The number of hydrogen-bond acceptors (Lipinski definition) is 5. The summed E-state index contributed by atoms with van der Waals surface area (Å²) < 4.78 is 12.9. The number of benzene rings is 1. The van der Waals surface area contributed by atoms with Crippen molar-refractivity contribution in [1.29, 1.82) is 0 Å². The van der Waals surface area contributed by atoms with E-state index in [1.807, 2.05) is 23.2 Å². The third kappa shape index (κ3) is 3.76. The van der Waals surface area contributed by atoms with E-state index in [1.165, 1.54) is 5.56 Å². The molecule has 4 rings (SSSR count). The number of rotatable bonds is 4. The summed E-state index contributed by atoms with van der Waals surface area (Å²) >= 11 is 0. The standard InChI is InChI=1S/C18H22N4O3/c23-18(14-22-5-1-4-19-22)21-8-6-20(7-9-21)13-15-2-3-16-17(12-15)25-11-10-24-16/h1-5,12H,6-11,13-14H2. The molecule has 1 saturated heterocycles. The highest BCUT2D eigenvalue weighted by Gasteiger charge is 2.22. The lowest BCUT2D eigenvalue weighted by Gasteiger charge is -2.35. The summed E-state index contributed by atoms with van der Waals surface area (Å²) in [4.78, 5) is 16.6. The molecule has 2 aromatic rings. The minimum Gasteiger partial charge on any atom is -0.486 e. The topological polar surface area (TPSA) is 59.8 Å². The van der Waals surface area contributed by atoms with Crippen LogP contribution in [0.3, 0.4) is 0 Å². The number of amides is 1. The van der Waals surface area contributed by atoms with Crippen LogP contribution in [-0.4, -0.2) is 64.9 Å². The summed E-state index contributed by atoms with van der Waals surface area (Å²) in [6, 6.07) is 7.96. The first-order valence-electron chi connectivity index (χ1n) is 8.64. The normalized spacial score (nSPS) is 17.5. The smallest absolute Gasteiger partial charge is 0.244 e. The minimum absolute atomic E-state index is 0.127. The van der Waals surface area contributed by atoms with Crippen molar-refractivity contribution >= 4 is 5.91 Å². The second-order valence-corrected chi connectivity index (χ2v) is 6.34. The zero-order valence-electron chi connectivity index (χ0n) is 14.1. The molecule has 7 nitrogen and oxygen atoms in total. The van der Waals surface area contributed by atoms with Gasteiger partial charge in [0.25, 0.3) is 0 Å². The summed E-state index contributed by atoms with van der Waals surface area (Å²) in [6.45, 7) is 5.65. The first-order chi connectivity index (χ1) is 12.3. The second-order valence-electron chi connectivity index (χ2n) is 6.34. The lowest BCUT2D eigenvalue weighted by atomic mass is 10.1. The van der Waals surface area contributed by atoms with Crippen molar-refractivity contribution in [3.05, 3.63) is 42.2 Å². The molecule has 132 valence electrons. The lowest BCUT2D eigenvalue weighted by molar-refractivity contribution is -0.133. The molecule has 3 heterocycles. The van der Waals surface area contributed by atoms with Crippen LogP contribution in [0.2, 0.25) is 0 Å². The average Bonchev–Trinajstić information content (AvgIpc) is 3.15. The molecule has 0 saturated carbocycles. The summed E-state index contributed by atoms with van der Waals surface area (Å²) in [6.07, 6.45) is 3.51. The molecular formula is C18H22N4O3. The van der Waals surface area contributed by atoms with Crippen molar-refractivity contribution in [3.63, 3.8) is 0 Å². The summed E-state index contributed by atoms with van der Waals surface area (Å²) in [7, 11) is 0. The van der Waals surface area contributed by atoms with Crippen molar-refractivity contribution in [1.82, 2.24) is 19.6 Å². The predicted molar refractivity (Wildman–Crippen MR) is 91.5 cm³/mol. The fourth-order valence-corrected chi connectivity index (χ4v) is 3.23. The van der Waals surface area contributed by atoms with Crippen LogP contribution in [0, 0.1) is 0 Å². The van der Waals surface area contributed by atoms with Crippen molar-refractivity contribution < 1.29 is 14.3 Å². The number of nitrogens with zero attached hydrogens (tertiary/aromatic N) is 4. The molecule has 1 amide bonds. The first-order valence-corrected chi connectivity index (χ1v) is 8.64. The highest BCUT2D eigenvalue weighted by atomic mass is 16.6.